The van der Waals surface area contributed by atoms with E-state index in [4.69, 9.17) is 15.2 Å². The van der Waals surface area contributed by atoms with Gasteiger partial charge in [0.2, 0.25) is 15.9 Å². The van der Waals surface area contributed by atoms with Crippen LogP contribution in [0.25, 0.3) is 0 Å². The van der Waals surface area contributed by atoms with Crippen LogP contribution in [-0.4, -0.2) is 44.7 Å². The van der Waals surface area contributed by atoms with Crippen molar-refractivity contribution in [2.75, 3.05) is 19.5 Å². The van der Waals surface area contributed by atoms with E-state index in [1.165, 1.54) is 45.4 Å². The van der Waals surface area contributed by atoms with Crippen LogP contribution in [0.15, 0.2) is 89.0 Å². The van der Waals surface area contributed by atoms with Crippen molar-refractivity contribution in [3.8, 4) is 17.6 Å². The molecule has 1 aliphatic rings. The molecule has 3 N–H and O–H groups in total. The van der Waals surface area contributed by atoms with Gasteiger partial charge in [0.05, 0.1) is 42.5 Å². The molecule has 0 saturated heterocycles. The summed E-state index contributed by atoms with van der Waals surface area (Å²) >= 11 is 0. The summed E-state index contributed by atoms with van der Waals surface area (Å²) in [5.41, 5.74) is 7.02. The summed E-state index contributed by atoms with van der Waals surface area (Å²) in [6, 6.07) is 17.6. The van der Waals surface area contributed by atoms with Crippen LogP contribution in [-0.2, 0) is 14.8 Å². The van der Waals surface area contributed by atoms with Gasteiger partial charge in [0.15, 0.2) is 5.78 Å². The van der Waals surface area contributed by atoms with E-state index >= 15 is 0 Å². The molecule has 10 nitrogen and oxygen atoms in total. The maximum Gasteiger partial charge on any atom is 0.245 e. The summed E-state index contributed by atoms with van der Waals surface area (Å²) in [4.78, 5) is 25.1. The molecular formula is C28H26N4O6S. The van der Waals surface area contributed by atoms with E-state index < -0.39 is 27.9 Å². The van der Waals surface area contributed by atoms with Crippen LogP contribution >= 0.6 is 0 Å². The summed E-state index contributed by atoms with van der Waals surface area (Å²) in [6.45, 7) is 1.33. The third-order valence-electron chi connectivity index (χ3n) is 6.30. The van der Waals surface area contributed by atoms with Crippen molar-refractivity contribution in [3.05, 3.63) is 95.2 Å². The zero-order chi connectivity index (χ0) is 28.3. The van der Waals surface area contributed by atoms with Gasteiger partial charge in [0, 0.05) is 23.7 Å². The van der Waals surface area contributed by atoms with Crippen molar-refractivity contribution >= 4 is 27.4 Å². The van der Waals surface area contributed by atoms with Crippen LogP contribution in [0.1, 0.15) is 28.9 Å². The van der Waals surface area contributed by atoms with Crippen LogP contribution in [0.3, 0.4) is 0 Å². The Balaban J connectivity index is 1.96. The van der Waals surface area contributed by atoms with Crippen molar-refractivity contribution in [1.29, 1.82) is 5.26 Å². The van der Waals surface area contributed by atoms with Gasteiger partial charge in [0.1, 0.15) is 17.5 Å². The lowest BCUT2D eigenvalue weighted by Crippen LogP contribution is -2.45. The molecule has 1 amide bonds. The van der Waals surface area contributed by atoms with Crippen LogP contribution in [0.4, 0.5) is 5.69 Å². The Kier molecular flexibility index (Phi) is 7.71. The monoisotopic (exact) mass is 546 g/mol. The Morgan fingerprint density at radius 1 is 1.00 bits per heavy atom. The average Bonchev–Trinajstić information content (AvgIpc) is 3.25. The van der Waals surface area contributed by atoms with Gasteiger partial charge in [-0.15, -0.1) is 0 Å². The minimum atomic E-state index is -4.47. The van der Waals surface area contributed by atoms with Crippen molar-refractivity contribution in [2.45, 2.75) is 23.9 Å². The first-order valence-electron chi connectivity index (χ1n) is 11.8. The van der Waals surface area contributed by atoms with Crippen molar-refractivity contribution < 1.29 is 27.5 Å². The highest BCUT2D eigenvalue weighted by Crippen LogP contribution is 2.47. The summed E-state index contributed by atoms with van der Waals surface area (Å²) in [5, 5.41) is 12.8. The van der Waals surface area contributed by atoms with Crippen LogP contribution in [0, 0.1) is 11.3 Å². The highest BCUT2D eigenvalue weighted by molar-refractivity contribution is 7.89. The fourth-order valence-electron chi connectivity index (χ4n) is 4.52. The molecule has 0 spiro atoms. The molecule has 3 aromatic carbocycles. The lowest BCUT2D eigenvalue weighted by atomic mass is 9.99. The standard InChI is InChI=1S/C28H26N4O6S/c1-17(33)31-19-9-12-21(13-10-19)39(35,36)32-26(22-15-20(37-2)11-14-24(22)38-3)23(16-29)25(30)27(32)28(34)18-7-5-4-6-8-18/h4-15,26-27H,30H2,1-3H3,(H,31,33)/t26-,27-/m1/s1. The number of hydrogen-bond donors (Lipinski definition) is 2. The second-order valence-electron chi connectivity index (χ2n) is 8.66. The van der Waals surface area contributed by atoms with E-state index in [-0.39, 0.29) is 38.9 Å². The van der Waals surface area contributed by atoms with E-state index in [1.807, 2.05) is 6.07 Å². The van der Waals surface area contributed by atoms with Gasteiger partial charge in [-0.3, -0.25) is 9.59 Å². The van der Waals surface area contributed by atoms with Crippen molar-refractivity contribution in [2.24, 2.45) is 5.73 Å². The predicted octanol–water partition coefficient (Wildman–Crippen LogP) is 3.40. The third kappa shape index (κ3) is 5.07. The third-order valence-corrected chi connectivity index (χ3v) is 8.14. The number of ketones is 1. The smallest absolute Gasteiger partial charge is 0.245 e. The lowest BCUT2D eigenvalue weighted by molar-refractivity contribution is -0.114. The molecule has 0 saturated carbocycles. The number of Topliss-reactive ketones (excluding diaryl/α,β-unsaturated/α-hetero) is 1. The molecule has 0 bridgehead atoms. The highest BCUT2D eigenvalue weighted by atomic mass is 32.2. The number of hydrogen-bond acceptors (Lipinski definition) is 8. The molecule has 1 heterocycles. The summed E-state index contributed by atoms with van der Waals surface area (Å²) in [7, 11) is -1.62. The first-order valence-corrected chi connectivity index (χ1v) is 13.2. The number of benzene rings is 3. The number of carbonyl (C=O) groups is 2. The van der Waals surface area contributed by atoms with E-state index in [1.54, 1.807) is 48.5 Å². The lowest BCUT2D eigenvalue weighted by Gasteiger charge is -2.31. The zero-order valence-corrected chi connectivity index (χ0v) is 22.2. The Bertz CT molecular complexity index is 1600. The van der Waals surface area contributed by atoms with E-state index in [0.717, 1.165) is 4.31 Å². The Hall–Kier alpha value is -4.66. The number of ether oxygens (including phenoxy) is 2. The Labute approximate surface area is 226 Å². The molecule has 0 fully saturated rings. The normalized spacial score (nSPS) is 17.4. The topological polar surface area (TPSA) is 152 Å². The van der Waals surface area contributed by atoms with Crippen LogP contribution < -0.4 is 20.5 Å². The van der Waals surface area contributed by atoms with E-state index in [2.05, 4.69) is 5.32 Å². The second-order valence-corrected chi connectivity index (χ2v) is 10.5. The highest BCUT2D eigenvalue weighted by Gasteiger charge is 2.51. The molecule has 0 aliphatic carbocycles. The number of nitrogens with zero attached hydrogens (tertiary/aromatic N) is 2. The number of anilines is 1. The molecule has 0 radical (unpaired) electrons. The molecule has 0 aromatic heterocycles. The Morgan fingerprint density at radius 2 is 1.67 bits per heavy atom. The van der Waals surface area contributed by atoms with Gasteiger partial charge in [-0.05, 0) is 42.5 Å². The first kappa shape index (κ1) is 27.4. The fraction of sp³-hybridized carbons (Fsp3) is 0.179. The van der Waals surface area contributed by atoms with Crippen molar-refractivity contribution in [1.82, 2.24) is 4.31 Å². The number of methoxy groups -OCH3 is 2. The summed E-state index contributed by atoms with van der Waals surface area (Å²) in [6.07, 6.45) is 0. The largest absolute Gasteiger partial charge is 0.497 e. The van der Waals surface area contributed by atoms with E-state index in [0.29, 0.717) is 11.4 Å². The van der Waals surface area contributed by atoms with Crippen LogP contribution in [0.5, 0.6) is 11.5 Å². The second kappa shape index (κ2) is 11.0. The molecule has 4 rings (SSSR count). The quantitative estimate of drug-likeness (QED) is 0.408. The minimum absolute atomic E-state index is 0.103. The summed E-state index contributed by atoms with van der Waals surface area (Å²) < 4.78 is 40.4. The maximum atomic E-state index is 14.3. The number of rotatable bonds is 8. The van der Waals surface area contributed by atoms with Crippen LogP contribution in [0.2, 0.25) is 0 Å². The van der Waals surface area contributed by atoms with Gasteiger partial charge in [-0.2, -0.15) is 9.57 Å². The SMILES string of the molecule is COc1ccc(OC)c([C@@H]2C(C#N)=C(N)[C@H](C(=O)c3ccccc3)N2S(=O)(=O)c2ccc(NC(C)=O)cc2)c1. The Morgan fingerprint density at radius 3 is 2.23 bits per heavy atom. The number of nitriles is 1. The number of carbonyl (C=O) groups excluding carboxylic acids is 2. The fourth-order valence-corrected chi connectivity index (χ4v) is 6.23. The first-order chi connectivity index (χ1) is 18.6. The van der Waals surface area contributed by atoms with Gasteiger partial charge in [0.25, 0.3) is 0 Å². The van der Waals surface area contributed by atoms with Gasteiger partial charge in [-0.25, -0.2) is 8.42 Å². The molecule has 200 valence electrons. The number of nitrogens with two attached hydrogens (primary N) is 1. The molecule has 39 heavy (non-hydrogen) atoms. The van der Waals surface area contributed by atoms with Gasteiger partial charge >= 0.3 is 0 Å². The maximum absolute atomic E-state index is 14.3. The van der Waals surface area contributed by atoms with Crippen molar-refractivity contribution in [3.63, 3.8) is 0 Å². The van der Waals surface area contributed by atoms with Gasteiger partial charge < -0.3 is 20.5 Å². The molecule has 2 atom stereocenters. The molecule has 0 unspecified atom stereocenters. The number of sulfonamides is 1. The molecule has 1 aliphatic heterocycles. The van der Waals surface area contributed by atoms with E-state index in [9.17, 15) is 23.3 Å². The summed E-state index contributed by atoms with van der Waals surface area (Å²) in [5.74, 6) is -0.255. The minimum Gasteiger partial charge on any atom is -0.497 e. The van der Waals surface area contributed by atoms with Gasteiger partial charge in [-0.1, -0.05) is 30.3 Å². The number of nitrogens with one attached hydrogen (secondary N) is 1. The average molecular weight is 547 g/mol. The molecule has 3 aromatic rings. The zero-order valence-electron chi connectivity index (χ0n) is 21.4. The molecule has 11 heteroatoms. The number of amides is 1. The predicted molar refractivity (Wildman–Crippen MR) is 143 cm³/mol. The molecular weight excluding hydrogens is 520 g/mol.